The minimum absolute atomic E-state index is 0. The van der Waals surface area contributed by atoms with Gasteiger partial charge in [0.15, 0.2) is 0 Å². The Hall–Kier alpha value is -0.650. The van der Waals surface area contributed by atoms with E-state index in [-0.39, 0.29) is 24.1 Å². The smallest absolute Gasteiger partial charge is 0.240 e. The van der Waals surface area contributed by atoms with E-state index < -0.39 is 5.54 Å². The van der Waals surface area contributed by atoms with Gasteiger partial charge in [-0.3, -0.25) is 4.79 Å². The minimum atomic E-state index is -0.716. The highest BCUT2D eigenvalue weighted by Gasteiger charge is 2.36. The zero-order valence-electron chi connectivity index (χ0n) is 10.4. The molecule has 3 nitrogen and oxygen atoms in total. The first-order valence-electron chi connectivity index (χ1n) is 6.02. The fraction of sp³-hybridized carbons (Fsp3) is 0.462. The van der Waals surface area contributed by atoms with Crippen LogP contribution in [0.15, 0.2) is 22.7 Å². The molecule has 1 aromatic carbocycles. The second-order valence-corrected chi connectivity index (χ2v) is 5.64. The second-order valence-electron chi connectivity index (χ2n) is 4.78. The molecule has 0 aromatic heterocycles. The standard InChI is InChI=1S/C13H16BrFN2O.ClH/c14-11-7-10(15)4-3-9(11)8-17-12(18)13(16)5-1-2-6-13;/h3-4,7H,1-2,5-6,8,16H2,(H,17,18);1H. The Morgan fingerprint density at radius 2 is 2.05 bits per heavy atom. The van der Waals surface area contributed by atoms with Crippen molar-refractivity contribution in [3.05, 3.63) is 34.1 Å². The molecule has 1 fully saturated rings. The Labute approximate surface area is 126 Å². The summed E-state index contributed by atoms with van der Waals surface area (Å²) in [4.78, 5) is 12.0. The maximum atomic E-state index is 12.9. The summed E-state index contributed by atoms with van der Waals surface area (Å²) in [6.45, 7) is 0.360. The van der Waals surface area contributed by atoms with Crippen LogP contribution in [0.25, 0.3) is 0 Å². The van der Waals surface area contributed by atoms with Gasteiger partial charge in [0.25, 0.3) is 0 Å². The van der Waals surface area contributed by atoms with Crippen LogP contribution in [-0.4, -0.2) is 11.4 Å². The summed E-state index contributed by atoms with van der Waals surface area (Å²) in [5, 5.41) is 2.83. The molecule has 0 atom stereocenters. The summed E-state index contributed by atoms with van der Waals surface area (Å²) >= 11 is 3.27. The van der Waals surface area contributed by atoms with Gasteiger partial charge < -0.3 is 11.1 Å². The Kier molecular flexibility index (Phi) is 5.77. The highest BCUT2D eigenvalue weighted by molar-refractivity contribution is 9.10. The Bertz CT molecular complexity index is 464. The summed E-state index contributed by atoms with van der Waals surface area (Å²) in [6.07, 6.45) is 3.49. The molecule has 19 heavy (non-hydrogen) atoms. The first-order chi connectivity index (χ1) is 8.51. The van der Waals surface area contributed by atoms with E-state index in [1.165, 1.54) is 12.1 Å². The van der Waals surface area contributed by atoms with Crippen molar-refractivity contribution >= 4 is 34.2 Å². The number of nitrogens with two attached hydrogens (primary N) is 1. The number of benzene rings is 1. The third-order valence-electron chi connectivity index (χ3n) is 3.40. The lowest BCUT2D eigenvalue weighted by Gasteiger charge is -2.22. The van der Waals surface area contributed by atoms with E-state index in [2.05, 4.69) is 21.2 Å². The summed E-state index contributed by atoms with van der Waals surface area (Å²) in [5.41, 5.74) is 6.17. The number of halogens is 3. The minimum Gasteiger partial charge on any atom is -0.350 e. The van der Waals surface area contributed by atoms with Crippen LogP contribution in [0.1, 0.15) is 31.2 Å². The summed E-state index contributed by atoms with van der Waals surface area (Å²) in [5.74, 6) is -0.417. The van der Waals surface area contributed by atoms with Gasteiger partial charge in [-0.25, -0.2) is 4.39 Å². The van der Waals surface area contributed by atoms with Crippen LogP contribution in [0, 0.1) is 5.82 Å². The largest absolute Gasteiger partial charge is 0.350 e. The van der Waals surface area contributed by atoms with Gasteiger partial charge in [0.1, 0.15) is 5.82 Å². The number of hydrogen-bond acceptors (Lipinski definition) is 2. The van der Waals surface area contributed by atoms with Crippen molar-refractivity contribution in [2.24, 2.45) is 5.73 Å². The van der Waals surface area contributed by atoms with E-state index in [4.69, 9.17) is 5.73 Å². The van der Waals surface area contributed by atoms with Gasteiger partial charge in [0.2, 0.25) is 5.91 Å². The van der Waals surface area contributed by atoms with Crippen LogP contribution in [0.5, 0.6) is 0 Å². The zero-order valence-corrected chi connectivity index (χ0v) is 12.8. The highest BCUT2D eigenvalue weighted by Crippen LogP contribution is 2.27. The summed E-state index contributed by atoms with van der Waals surface area (Å²) in [7, 11) is 0. The van der Waals surface area contributed by atoms with Crippen molar-refractivity contribution in [3.63, 3.8) is 0 Å². The number of carbonyl (C=O) groups is 1. The summed E-state index contributed by atoms with van der Waals surface area (Å²) in [6, 6.07) is 4.41. The van der Waals surface area contributed by atoms with Crippen LogP contribution in [0.3, 0.4) is 0 Å². The zero-order chi connectivity index (χ0) is 13.2. The molecule has 0 unspecified atom stereocenters. The third kappa shape index (κ3) is 3.91. The van der Waals surface area contributed by atoms with E-state index in [9.17, 15) is 9.18 Å². The van der Waals surface area contributed by atoms with E-state index in [0.717, 1.165) is 31.2 Å². The molecular weight excluding hydrogens is 335 g/mol. The van der Waals surface area contributed by atoms with Crippen LogP contribution < -0.4 is 11.1 Å². The number of nitrogens with one attached hydrogen (secondary N) is 1. The molecule has 6 heteroatoms. The molecule has 1 aliphatic carbocycles. The van der Waals surface area contributed by atoms with Gasteiger partial charge in [-0.05, 0) is 30.5 Å². The normalized spacial score (nSPS) is 16.8. The molecule has 2 rings (SSSR count). The van der Waals surface area contributed by atoms with Gasteiger partial charge in [0, 0.05) is 11.0 Å². The third-order valence-corrected chi connectivity index (χ3v) is 4.14. The molecule has 0 aliphatic heterocycles. The van der Waals surface area contributed by atoms with E-state index in [1.54, 1.807) is 6.07 Å². The van der Waals surface area contributed by atoms with Gasteiger partial charge in [0.05, 0.1) is 5.54 Å². The van der Waals surface area contributed by atoms with Gasteiger partial charge >= 0.3 is 0 Å². The van der Waals surface area contributed by atoms with Crippen LogP contribution >= 0.6 is 28.3 Å². The van der Waals surface area contributed by atoms with Crippen LogP contribution in [-0.2, 0) is 11.3 Å². The maximum Gasteiger partial charge on any atom is 0.240 e. The Balaban J connectivity index is 0.00000180. The molecule has 1 aromatic rings. The van der Waals surface area contributed by atoms with Crippen LogP contribution in [0.2, 0.25) is 0 Å². The van der Waals surface area contributed by atoms with E-state index in [1.807, 2.05) is 0 Å². The molecule has 1 saturated carbocycles. The molecule has 0 bridgehead atoms. The van der Waals surface area contributed by atoms with Crippen molar-refractivity contribution in [1.82, 2.24) is 5.32 Å². The SMILES string of the molecule is Cl.NC1(C(=O)NCc2ccc(F)cc2Br)CCCC1. The van der Waals surface area contributed by atoms with E-state index >= 15 is 0 Å². The molecule has 1 aliphatic rings. The average Bonchev–Trinajstić information content (AvgIpc) is 2.76. The predicted molar refractivity (Wildman–Crippen MR) is 78.6 cm³/mol. The average molecular weight is 352 g/mol. The predicted octanol–water partition coefficient (Wildman–Crippen LogP) is 2.90. The molecule has 0 radical (unpaired) electrons. The van der Waals surface area contributed by atoms with Crippen LogP contribution in [0.4, 0.5) is 4.39 Å². The number of carbonyl (C=O) groups excluding carboxylic acids is 1. The Morgan fingerprint density at radius 3 is 2.63 bits per heavy atom. The lowest BCUT2D eigenvalue weighted by Crippen LogP contribution is -2.51. The lowest BCUT2D eigenvalue weighted by atomic mass is 9.98. The van der Waals surface area contributed by atoms with E-state index in [0.29, 0.717) is 11.0 Å². The van der Waals surface area contributed by atoms with Crippen molar-refractivity contribution in [1.29, 1.82) is 0 Å². The first-order valence-corrected chi connectivity index (χ1v) is 6.82. The highest BCUT2D eigenvalue weighted by atomic mass is 79.9. The number of amides is 1. The fourth-order valence-electron chi connectivity index (χ4n) is 2.25. The monoisotopic (exact) mass is 350 g/mol. The second kappa shape index (κ2) is 6.68. The molecule has 1 amide bonds. The van der Waals surface area contributed by atoms with Crippen molar-refractivity contribution in [2.45, 2.75) is 37.8 Å². The number of hydrogen-bond donors (Lipinski definition) is 2. The molecule has 0 saturated heterocycles. The Morgan fingerprint density at radius 1 is 1.42 bits per heavy atom. The van der Waals surface area contributed by atoms with Crippen molar-refractivity contribution in [3.8, 4) is 0 Å². The molecule has 3 N–H and O–H groups in total. The quantitative estimate of drug-likeness (QED) is 0.880. The number of rotatable bonds is 3. The maximum absolute atomic E-state index is 12.9. The van der Waals surface area contributed by atoms with Crippen molar-refractivity contribution < 1.29 is 9.18 Å². The van der Waals surface area contributed by atoms with Gasteiger partial charge in [-0.2, -0.15) is 0 Å². The van der Waals surface area contributed by atoms with Gasteiger partial charge in [-0.15, -0.1) is 12.4 Å². The topological polar surface area (TPSA) is 55.1 Å². The molecule has 0 heterocycles. The summed E-state index contributed by atoms with van der Waals surface area (Å²) < 4.78 is 13.6. The fourth-order valence-corrected chi connectivity index (χ4v) is 2.74. The molecule has 106 valence electrons. The van der Waals surface area contributed by atoms with Crippen molar-refractivity contribution in [2.75, 3.05) is 0 Å². The molecular formula is C13H17BrClFN2O. The van der Waals surface area contributed by atoms with Gasteiger partial charge in [-0.1, -0.05) is 34.8 Å². The molecule has 0 spiro atoms. The lowest BCUT2D eigenvalue weighted by molar-refractivity contribution is -0.126. The first kappa shape index (κ1) is 16.4.